The van der Waals surface area contributed by atoms with Crippen LogP contribution in [0.2, 0.25) is 0 Å². The van der Waals surface area contributed by atoms with Gasteiger partial charge in [-0.15, -0.1) is 11.6 Å². The third kappa shape index (κ3) is 3.39. The summed E-state index contributed by atoms with van der Waals surface area (Å²) < 4.78 is 13.8. The third-order valence-corrected chi connectivity index (χ3v) is 3.79. The van der Waals surface area contributed by atoms with Gasteiger partial charge in [-0.3, -0.25) is 4.98 Å². The molecular weight excluding hydrogens is 352 g/mol. The van der Waals surface area contributed by atoms with Crippen LogP contribution in [0.15, 0.2) is 42.7 Å². The molecule has 0 N–H and O–H groups in total. The summed E-state index contributed by atoms with van der Waals surface area (Å²) in [4.78, 5) is 3.96. The summed E-state index contributed by atoms with van der Waals surface area (Å²) in [6, 6.07) is 8.56. The Kier molecular flexibility index (Phi) is 4.34. The fourth-order valence-electron chi connectivity index (χ4n) is 1.59. The number of aromatic nitrogens is 1. The van der Waals surface area contributed by atoms with E-state index in [1.165, 1.54) is 12.1 Å². The standard InChI is InChI=1S/C13H10ClFIN/c14-12(7-9-3-5-17-6-4-9)11-2-1-10(15)8-13(11)16/h1-6,8,12H,7H2. The quantitative estimate of drug-likeness (QED) is 0.585. The van der Waals surface area contributed by atoms with Gasteiger partial charge in [-0.05, 0) is 64.4 Å². The highest BCUT2D eigenvalue weighted by Gasteiger charge is 2.12. The van der Waals surface area contributed by atoms with E-state index in [1.54, 1.807) is 18.5 Å². The molecule has 1 atom stereocenters. The van der Waals surface area contributed by atoms with Gasteiger partial charge in [0.05, 0.1) is 5.38 Å². The molecule has 4 heteroatoms. The number of pyridine rings is 1. The smallest absolute Gasteiger partial charge is 0.124 e. The van der Waals surface area contributed by atoms with Gasteiger partial charge in [0.2, 0.25) is 0 Å². The minimum Gasteiger partial charge on any atom is -0.265 e. The molecule has 0 amide bonds. The SMILES string of the molecule is Fc1ccc(C(Cl)Cc2ccncc2)c(I)c1. The minimum absolute atomic E-state index is 0.148. The first-order chi connectivity index (χ1) is 8.16. The molecule has 17 heavy (non-hydrogen) atoms. The number of nitrogens with zero attached hydrogens (tertiary/aromatic N) is 1. The van der Waals surface area contributed by atoms with Crippen LogP contribution < -0.4 is 0 Å². The lowest BCUT2D eigenvalue weighted by Gasteiger charge is -2.11. The van der Waals surface area contributed by atoms with Crippen LogP contribution >= 0.6 is 34.2 Å². The first kappa shape index (κ1) is 12.8. The highest BCUT2D eigenvalue weighted by atomic mass is 127. The highest BCUT2D eigenvalue weighted by Crippen LogP contribution is 2.29. The molecular formula is C13H10ClFIN. The zero-order valence-electron chi connectivity index (χ0n) is 8.91. The van der Waals surface area contributed by atoms with Crippen molar-refractivity contribution in [2.75, 3.05) is 0 Å². The van der Waals surface area contributed by atoms with Crippen molar-refractivity contribution in [2.45, 2.75) is 11.8 Å². The van der Waals surface area contributed by atoms with Gasteiger partial charge in [-0.2, -0.15) is 0 Å². The van der Waals surface area contributed by atoms with Gasteiger partial charge in [0, 0.05) is 16.0 Å². The maximum atomic E-state index is 13.0. The van der Waals surface area contributed by atoms with Gasteiger partial charge in [-0.1, -0.05) is 6.07 Å². The van der Waals surface area contributed by atoms with Crippen molar-refractivity contribution in [1.82, 2.24) is 4.98 Å². The summed E-state index contributed by atoms with van der Waals surface area (Å²) in [6.07, 6.45) is 4.20. The topological polar surface area (TPSA) is 12.9 Å². The molecule has 88 valence electrons. The molecule has 0 spiro atoms. The molecule has 0 fully saturated rings. The van der Waals surface area contributed by atoms with Crippen LogP contribution in [0.1, 0.15) is 16.5 Å². The summed E-state index contributed by atoms with van der Waals surface area (Å²) in [5.41, 5.74) is 2.09. The maximum absolute atomic E-state index is 13.0. The van der Waals surface area contributed by atoms with E-state index in [4.69, 9.17) is 11.6 Å². The highest BCUT2D eigenvalue weighted by molar-refractivity contribution is 14.1. The lowest BCUT2D eigenvalue weighted by Crippen LogP contribution is -1.99. The molecule has 2 rings (SSSR count). The van der Waals surface area contributed by atoms with E-state index >= 15 is 0 Å². The number of benzene rings is 1. The van der Waals surface area contributed by atoms with Crippen molar-refractivity contribution in [3.05, 3.63) is 63.2 Å². The number of halogens is 3. The summed E-state index contributed by atoms with van der Waals surface area (Å²) >= 11 is 8.46. The lowest BCUT2D eigenvalue weighted by atomic mass is 10.0. The van der Waals surface area contributed by atoms with Crippen LogP contribution in [0.4, 0.5) is 4.39 Å². The van der Waals surface area contributed by atoms with Crippen molar-refractivity contribution >= 4 is 34.2 Å². The number of alkyl halides is 1. The second-order valence-electron chi connectivity index (χ2n) is 3.69. The predicted molar refractivity (Wildman–Crippen MR) is 75.7 cm³/mol. The molecule has 0 bridgehead atoms. The Morgan fingerprint density at radius 3 is 2.59 bits per heavy atom. The first-order valence-corrected chi connectivity index (χ1v) is 6.66. The Hall–Kier alpha value is -0.680. The van der Waals surface area contributed by atoms with Gasteiger partial charge in [0.25, 0.3) is 0 Å². The van der Waals surface area contributed by atoms with Crippen molar-refractivity contribution < 1.29 is 4.39 Å². The Balaban J connectivity index is 2.17. The number of hydrogen-bond acceptors (Lipinski definition) is 1. The van der Waals surface area contributed by atoms with Crippen LogP contribution in [0.25, 0.3) is 0 Å². The van der Waals surface area contributed by atoms with Gasteiger partial charge in [0.1, 0.15) is 5.82 Å². The molecule has 0 aliphatic rings. The maximum Gasteiger partial charge on any atom is 0.124 e. The summed E-state index contributed by atoms with van der Waals surface area (Å²) in [5, 5.41) is -0.148. The Bertz CT molecular complexity index is 504. The van der Waals surface area contributed by atoms with Crippen molar-refractivity contribution in [3.8, 4) is 0 Å². The van der Waals surface area contributed by atoms with E-state index in [-0.39, 0.29) is 11.2 Å². The number of rotatable bonds is 3. The van der Waals surface area contributed by atoms with E-state index in [9.17, 15) is 4.39 Å². The van der Waals surface area contributed by atoms with Crippen LogP contribution in [-0.4, -0.2) is 4.98 Å². The van der Waals surface area contributed by atoms with Gasteiger partial charge >= 0.3 is 0 Å². The molecule has 0 aliphatic carbocycles. The van der Waals surface area contributed by atoms with Crippen LogP contribution in [-0.2, 0) is 6.42 Å². The average molecular weight is 362 g/mol. The molecule has 0 saturated carbocycles. The first-order valence-electron chi connectivity index (χ1n) is 5.15. The molecule has 1 nitrogen and oxygen atoms in total. The largest absolute Gasteiger partial charge is 0.265 e. The zero-order chi connectivity index (χ0) is 12.3. The summed E-state index contributed by atoms with van der Waals surface area (Å²) in [5.74, 6) is -0.231. The van der Waals surface area contributed by atoms with Gasteiger partial charge in [0.15, 0.2) is 0 Å². The second kappa shape index (κ2) is 5.78. The van der Waals surface area contributed by atoms with E-state index < -0.39 is 0 Å². The molecule has 1 aromatic carbocycles. The number of hydrogen-bond donors (Lipinski definition) is 0. The third-order valence-electron chi connectivity index (χ3n) is 2.46. The predicted octanol–water partition coefficient (Wildman–Crippen LogP) is 4.35. The summed E-state index contributed by atoms with van der Waals surface area (Å²) in [6.45, 7) is 0. The van der Waals surface area contributed by atoms with Crippen molar-refractivity contribution in [1.29, 1.82) is 0 Å². The van der Waals surface area contributed by atoms with Crippen molar-refractivity contribution in [3.63, 3.8) is 0 Å². The van der Waals surface area contributed by atoms with E-state index in [1.807, 2.05) is 12.1 Å². The molecule has 2 aromatic rings. The molecule has 0 saturated heterocycles. The van der Waals surface area contributed by atoms with E-state index in [2.05, 4.69) is 27.6 Å². The Morgan fingerprint density at radius 2 is 1.94 bits per heavy atom. The molecule has 1 aromatic heterocycles. The molecule has 0 aliphatic heterocycles. The lowest BCUT2D eigenvalue weighted by molar-refractivity contribution is 0.625. The Morgan fingerprint density at radius 1 is 1.24 bits per heavy atom. The molecule has 1 unspecified atom stereocenters. The van der Waals surface area contributed by atoms with E-state index in [0.717, 1.165) is 14.7 Å². The monoisotopic (exact) mass is 361 g/mol. The van der Waals surface area contributed by atoms with Gasteiger partial charge < -0.3 is 0 Å². The van der Waals surface area contributed by atoms with Gasteiger partial charge in [-0.25, -0.2) is 4.39 Å². The van der Waals surface area contributed by atoms with Crippen molar-refractivity contribution in [2.24, 2.45) is 0 Å². The molecule has 1 heterocycles. The average Bonchev–Trinajstić information content (AvgIpc) is 2.30. The normalized spacial score (nSPS) is 12.4. The van der Waals surface area contributed by atoms with Crippen LogP contribution in [0.3, 0.4) is 0 Å². The summed E-state index contributed by atoms with van der Waals surface area (Å²) in [7, 11) is 0. The minimum atomic E-state index is -0.231. The fourth-order valence-corrected chi connectivity index (χ4v) is 3.00. The van der Waals surface area contributed by atoms with Crippen LogP contribution in [0, 0.1) is 9.39 Å². The van der Waals surface area contributed by atoms with Crippen LogP contribution in [0.5, 0.6) is 0 Å². The Labute approximate surface area is 118 Å². The fraction of sp³-hybridized carbons (Fsp3) is 0.154. The van der Waals surface area contributed by atoms with E-state index in [0.29, 0.717) is 6.42 Å². The molecule has 0 radical (unpaired) electrons. The second-order valence-corrected chi connectivity index (χ2v) is 5.38. The zero-order valence-corrected chi connectivity index (χ0v) is 11.8.